The molecule has 0 radical (unpaired) electrons. The fourth-order valence-corrected chi connectivity index (χ4v) is 2.15. The van der Waals surface area contributed by atoms with Crippen molar-refractivity contribution in [3.63, 3.8) is 0 Å². The molecule has 0 fully saturated rings. The summed E-state index contributed by atoms with van der Waals surface area (Å²) >= 11 is 0. The first-order chi connectivity index (χ1) is 8.99. The van der Waals surface area contributed by atoms with E-state index in [0.717, 1.165) is 6.07 Å². The molecule has 7 heteroatoms. The number of nitrogens with one attached hydrogen (secondary N) is 1. The quantitative estimate of drug-likeness (QED) is 0.691. The van der Waals surface area contributed by atoms with Crippen LogP contribution in [0.5, 0.6) is 0 Å². The summed E-state index contributed by atoms with van der Waals surface area (Å²) in [6.07, 6.45) is 0. The van der Waals surface area contributed by atoms with Crippen LogP contribution < -0.4 is 5.56 Å². The summed E-state index contributed by atoms with van der Waals surface area (Å²) in [4.78, 5) is 29.5. The van der Waals surface area contributed by atoms with E-state index in [-0.39, 0.29) is 22.6 Å². The molecule has 3 aromatic rings. The summed E-state index contributed by atoms with van der Waals surface area (Å²) in [6.45, 7) is 1.51. The minimum Gasteiger partial charge on any atom is -0.477 e. The molecule has 0 saturated heterocycles. The Bertz CT molecular complexity index is 894. The fraction of sp³-hybridized carbons (Fsp3) is 0.0833. The van der Waals surface area contributed by atoms with Crippen LogP contribution in [0.1, 0.15) is 16.2 Å². The van der Waals surface area contributed by atoms with E-state index >= 15 is 0 Å². The van der Waals surface area contributed by atoms with Crippen molar-refractivity contribution in [3.05, 3.63) is 45.8 Å². The maximum atomic E-state index is 13.2. The SMILES string of the molecule is Cc1nc2c(=O)[nH]c3cc(F)ccc3n2c1C(=O)O. The number of hydrogen-bond donors (Lipinski definition) is 2. The normalized spacial score (nSPS) is 11.3. The van der Waals surface area contributed by atoms with Crippen LogP contribution in [0.25, 0.3) is 16.7 Å². The van der Waals surface area contributed by atoms with E-state index in [0.29, 0.717) is 5.52 Å². The number of carboxylic acids is 1. The Hall–Kier alpha value is -2.70. The molecule has 19 heavy (non-hydrogen) atoms. The van der Waals surface area contributed by atoms with E-state index in [4.69, 9.17) is 0 Å². The zero-order valence-electron chi connectivity index (χ0n) is 9.77. The smallest absolute Gasteiger partial charge is 0.354 e. The third-order valence-electron chi connectivity index (χ3n) is 2.91. The van der Waals surface area contributed by atoms with Crippen LogP contribution in [0.15, 0.2) is 23.0 Å². The van der Waals surface area contributed by atoms with Gasteiger partial charge in [-0.05, 0) is 25.1 Å². The minimum atomic E-state index is -1.19. The molecule has 96 valence electrons. The van der Waals surface area contributed by atoms with Crippen LogP contribution in [0.2, 0.25) is 0 Å². The first-order valence-electron chi connectivity index (χ1n) is 5.43. The molecule has 3 rings (SSSR count). The van der Waals surface area contributed by atoms with Gasteiger partial charge in [0.1, 0.15) is 5.82 Å². The van der Waals surface area contributed by atoms with E-state index in [1.54, 1.807) is 0 Å². The number of imidazole rings is 1. The van der Waals surface area contributed by atoms with Gasteiger partial charge in [-0.15, -0.1) is 0 Å². The number of rotatable bonds is 1. The van der Waals surface area contributed by atoms with Gasteiger partial charge < -0.3 is 10.1 Å². The lowest BCUT2D eigenvalue weighted by molar-refractivity contribution is 0.0689. The summed E-state index contributed by atoms with van der Waals surface area (Å²) in [5.41, 5.74) is 0.154. The van der Waals surface area contributed by atoms with Crippen LogP contribution in [0.3, 0.4) is 0 Å². The van der Waals surface area contributed by atoms with Crippen LogP contribution in [-0.2, 0) is 0 Å². The molecule has 0 spiro atoms. The van der Waals surface area contributed by atoms with Crippen LogP contribution in [-0.4, -0.2) is 25.4 Å². The Morgan fingerprint density at radius 1 is 1.47 bits per heavy atom. The number of halogens is 1. The molecule has 2 N–H and O–H groups in total. The lowest BCUT2D eigenvalue weighted by Gasteiger charge is -2.03. The zero-order valence-corrected chi connectivity index (χ0v) is 9.77. The van der Waals surface area contributed by atoms with Crippen molar-refractivity contribution in [2.45, 2.75) is 6.92 Å². The molecule has 0 bridgehead atoms. The standard InChI is InChI=1S/C12H8FN3O3/c1-5-9(12(18)19)16-8-3-2-6(13)4-7(8)15-11(17)10(16)14-5/h2-4H,1H3,(H,15,17)(H,18,19). The average molecular weight is 261 g/mol. The summed E-state index contributed by atoms with van der Waals surface area (Å²) in [5, 5.41) is 9.21. The van der Waals surface area contributed by atoms with Gasteiger partial charge in [0.05, 0.1) is 16.7 Å². The van der Waals surface area contributed by atoms with Gasteiger partial charge in [-0.25, -0.2) is 14.2 Å². The van der Waals surface area contributed by atoms with Gasteiger partial charge in [0, 0.05) is 0 Å². The van der Waals surface area contributed by atoms with E-state index < -0.39 is 17.3 Å². The predicted molar refractivity (Wildman–Crippen MR) is 65.0 cm³/mol. The number of hydrogen-bond acceptors (Lipinski definition) is 3. The van der Waals surface area contributed by atoms with Crippen molar-refractivity contribution in [2.24, 2.45) is 0 Å². The maximum absolute atomic E-state index is 13.2. The molecule has 0 aliphatic rings. The molecule has 0 aliphatic carbocycles. The lowest BCUT2D eigenvalue weighted by Crippen LogP contribution is -2.13. The van der Waals surface area contributed by atoms with Gasteiger partial charge in [-0.3, -0.25) is 9.20 Å². The van der Waals surface area contributed by atoms with Crippen LogP contribution in [0, 0.1) is 12.7 Å². The number of aryl methyl sites for hydroxylation is 1. The Labute approximate surface area is 105 Å². The molecular weight excluding hydrogens is 253 g/mol. The van der Waals surface area contributed by atoms with E-state index in [2.05, 4.69) is 9.97 Å². The van der Waals surface area contributed by atoms with Crippen molar-refractivity contribution in [2.75, 3.05) is 0 Å². The van der Waals surface area contributed by atoms with Gasteiger partial charge in [0.15, 0.2) is 5.69 Å². The fourth-order valence-electron chi connectivity index (χ4n) is 2.15. The Morgan fingerprint density at radius 2 is 2.21 bits per heavy atom. The lowest BCUT2D eigenvalue weighted by atomic mass is 10.2. The van der Waals surface area contributed by atoms with E-state index in [1.165, 1.54) is 23.5 Å². The number of aromatic amines is 1. The van der Waals surface area contributed by atoms with Gasteiger partial charge in [0.2, 0.25) is 5.65 Å². The van der Waals surface area contributed by atoms with E-state index in [1.807, 2.05) is 0 Å². The number of aromatic carboxylic acids is 1. The molecule has 2 heterocycles. The third kappa shape index (κ3) is 1.51. The molecule has 0 saturated carbocycles. The van der Waals surface area contributed by atoms with Gasteiger partial charge in [0.25, 0.3) is 5.56 Å². The summed E-state index contributed by atoms with van der Waals surface area (Å²) in [5.74, 6) is -1.71. The Balaban J connectivity index is 2.65. The van der Waals surface area contributed by atoms with Gasteiger partial charge in [-0.2, -0.15) is 0 Å². The first-order valence-corrected chi connectivity index (χ1v) is 5.43. The van der Waals surface area contributed by atoms with Crippen molar-refractivity contribution in [1.82, 2.24) is 14.4 Å². The highest BCUT2D eigenvalue weighted by Gasteiger charge is 2.19. The number of nitrogens with zero attached hydrogens (tertiary/aromatic N) is 2. The number of carbonyl (C=O) groups is 1. The molecule has 0 amide bonds. The van der Waals surface area contributed by atoms with Crippen LogP contribution in [0.4, 0.5) is 4.39 Å². The number of aromatic nitrogens is 3. The molecule has 1 aromatic carbocycles. The highest BCUT2D eigenvalue weighted by Crippen LogP contribution is 2.18. The minimum absolute atomic E-state index is 0.0194. The predicted octanol–water partition coefficient (Wildman–Crippen LogP) is 1.32. The Kier molecular flexibility index (Phi) is 2.19. The highest BCUT2D eigenvalue weighted by molar-refractivity contribution is 5.91. The number of H-pyrrole nitrogens is 1. The highest BCUT2D eigenvalue weighted by atomic mass is 19.1. The zero-order chi connectivity index (χ0) is 13.7. The van der Waals surface area contributed by atoms with E-state index in [9.17, 15) is 19.1 Å². The summed E-state index contributed by atoms with van der Waals surface area (Å²) in [7, 11) is 0. The number of fused-ring (bicyclic) bond motifs is 3. The largest absolute Gasteiger partial charge is 0.477 e. The second-order valence-corrected chi connectivity index (χ2v) is 4.13. The molecular formula is C12H8FN3O3. The molecule has 0 aliphatic heterocycles. The summed E-state index contributed by atoms with van der Waals surface area (Å²) < 4.78 is 14.4. The van der Waals surface area contributed by atoms with Crippen molar-refractivity contribution in [1.29, 1.82) is 0 Å². The number of benzene rings is 1. The topological polar surface area (TPSA) is 87.5 Å². The Morgan fingerprint density at radius 3 is 2.89 bits per heavy atom. The average Bonchev–Trinajstić information content (AvgIpc) is 2.67. The van der Waals surface area contributed by atoms with Crippen LogP contribution >= 0.6 is 0 Å². The second kappa shape index (κ2) is 3.64. The van der Waals surface area contributed by atoms with Gasteiger partial charge in [-0.1, -0.05) is 0 Å². The molecule has 6 nitrogen and oxygen atoms in total. The van der Waals surface area contributed by atoms with Crippen molar-refractivity contribution >= 4 is 22.6 Å². The van der Waals surface area contributed by atoms with Gasteiger partial charge >= 0.3 is 5.97 Å². The monoisotopic (exact) mass is 261 g/mol. The molecule has 0 unspecified atom stereocenters. The van der Waals surface area contributed by atoms with Crippen molar-refractivity contribution in [3.8, 4) is 0 Å². The summed E-state index contributed by atoms with van der Waals surface area (Å²) in [6, 6.07) is 3.74. The first kappa shape index (κ1) is 11.4. The third-order valence-corrected chi connectivity index (χ3v) is 2.91. The van der Waals surface area contributed by atoms with Crippen molar-refractivity contribution < 1.29 is 14.3 Å². The second-order valence-electron chi connectivity index (χ2n) is 4.13. The maximum Gasteiger partial charge on any atom is 0.354 e. The number of carboxylic acid groups (broad SMARTS) is 1. The molecule has 2 aromatic heterocycles. The molecule has 0 atom stereocenters.